The monoisotopic (exact) mass is 285 g/mol. The Hall–Kier alpha value is -1.53. The van der Waals surface area contributed by atoms with Crippen LogP contribution in [0.1, 0.15) is 33.1 Å². The van der Waals surface area contributed by atoms with Crippen LogP contribution in [0.5, 0.6) is 0 Å². The van der Waals surface area contributed by atoms with Crippen LogP contribution in [0.3, 0.4) is 0 Å². The first-order valence-electron chi connectivity index (χ1n) is 8.04. The molecule has 114 valence electrons. The predicted molar refractivity (Wildman–Crippen MR) is 88.3 cm³/mol. The Morgan fingerprint density at radius 2 is 1.71 bits per heavy atom. The van der Waals surface area contributed by atoms with Gasteiger partial charge < -0.3 is 4.90 Å². The van der Waals surface area contributed by atoms with Gasteiger partial charge in [0.15, 0.2) is 0 Å². The van der Waals surface area contributed by atoms with Crippen LogP contribution < -0.4 is 4.90 Å². The second-order valence-corrected chi connectivity index (χ2v) is 6.62. The Bertz CT molecular complexity index is 453. The number of benzene rings is 1. The average molecular weight is 285 g/mol. The van der Waals surface area contributed by atoms with Crippen molar-refractivity contribution in [2.45, 2.75) is 33.1 Å². The lowest BCUT2D eigenvalue weighted by molar-refractivity contribution is 0.248. The number of piperazine rings is 1. The topological polar surface area (TPSA) is 30.3 Å². The van der Waals surface area contributed by atoms with E-state index in [1.165, 1.54) is 18.7 Å². The second-order valence-electron chi connectivity index (χ2n) is 6.62. The maximum atomic E-state index is 9.01. The highest BCUT2D eigenvalue weighted by atomic mass is 15.3. The molecule has 0 bridgehead atoms. The zero-order valence-electron chi connectivity index (χ0n) is 13.4. The molecule has 1 aromatic rings. The molecule has 3 nitrogen and oxygen atoms in total. The maximum absolute atomic E-state index is 9.01. The van der Waals surface area contributed by atoms with E-state index in [2.05, 4.69) is 46.2 Å². The minimum absolute atomic E-state index is 0.161. The fourth-order valence-corrected chi connectivity index (χ4v) is 2.83. The third-order valence-corrected chi connectivity index (χ3v) is 4.32. The number of nitrogens with zero attached hydrogens (tertiary/aromatic N) is 3. The van der Waals surface area contributed by atoms with Crippen LogP contribution >= 0.6 is 0 Å². The molecule has 1 aliphatic rings. The molecule has 0 unspecified atom stereocenters. The summed E-state index contributed by atoms with van der Waals surface area (Å²) in [6.45, 7) is 9.77. The van der Waals surface area contributed by atoms with Crippen molar-refractivity contribution in [2.24, 2.45) is 5.41 Å². The summed E-state index contributed by atoms with van der Waals surface area (Å²) in [5, 5.41) is 9.01. The number of hydrogen-bond acceptors (Lipinski definition) is 3. The summed E-state index contributed by atoms with van der Waals surface area (Å²) < 4.78 is 0. The quantitative estimate of drug-likeness (QED) is 0.749. The van der Waals surface area contributed by atoms with Gasteiger partial charge >= 0.3 is 0 Å². The molecule has 0 aromatic heterocycles. The molecular formula is C18H27N3. The number of para-hydroxylation sites is 1. The Morgan fingerprint density at radius 3 is 2.33 bits per heavy atom. The van der Waals surface area contributed by atoms with Crippen molar-refractivity contribution in [1.29, 1.82) is 5.26 Å². The van der Waals surface area contributed by atoms with Crippen molar-refractivity contribution in [3.63, 3.8) is 0 Å². The standard InChI is InChI=1S/C18H27N3/c1-18(2,16-19)10-6-7-11-20-12-14-21(15-13-20)17-8-4-3-5-9-17/h3-5,8-9H,6-7,10-15H2,1-2H3. The van der Waals surface area contributed by atoms with Gasteiger partial charge in [-0.15, -0.1) is 0 Å². The van der Waals surface area contributed by atoms with Crippen molar-refractivity contribution < 1.29 is 0 Å². The summed E-state index contributed by atoms with van der Waals surface area (Å²) in [6.07, 6.45) is 3.36. The molecule has 0 radical (unpaired) electrons. The molecule has 0 N–H and O–H groups in total. The molecule has 3 heteroatoms. The highest BCUT2D eigenvalue weighted by Crippen LogP contribution is 2.22. The van der Waals surface area contributed by atoms with E-state index in [0.29, 0.717) is 0 Å². The summed E-state index contributed by atoms with van der Waals surface area (Å²) in [7, 11) is 0. The molecule has 0 saturated carbocycles. The van der Waals surface area contributed by atoms with Crippen LogP contribution in [0.25, 0.3) is 0 Å². The molecule has 1 aliphatic heterocycles. The van der Waals surface area contributed by atoms with Gasteiger partial charge in [-0.1, -0.05) is 24.6 Å². The van der Waals surface area contributed by atoms with Gasteiger partial charge in [0.05, 0.1) is 11.5 Å². The molecule has 1 aromatic carbocycles. The van der Waals surface area contributed by atoms with E-state index >= 15 is 0 Å². The zero-order chi connectivity index (χ0) is 15.1. The summed E-state index contributed by atoms with van der Waals surface area (Å²) in [5.41, 5.74) is 1.18. The van der Waals surface area contributed by atoms with Gasteiger partial charge in [-0.2, -0.15) is 5.26 Å². The molecule has 21 heavy (non-hydrogen) atoms. The van der Waals surface area contributed by atoms with Crippen molar-refractivity contribution in [3.8, 4) is 6.07 Å². The second kappa shape index (κ2) is 7.47. The normalized spacial score (nSPS) is 16.7. The highest BCUT2D eigenvalue weighted by molar-refractivity contribution is 5.46. The Labute approximate surface area is 129 Å². The third kappa shape index (κ3) is 5.06. The molecular weight excluding hydrogens is 258 g/mol. The van der Waals surface area contributed by atoms with E-state index in [9.17, 15) is 0 Å². The molecule has 0 atom stereocenters. The fourth-order valence-electron chi connectivity index (χ4n) is 2.83. The van der Waals surface area contributed by atoms with Crippen molar-refractivity contribution in [2.75, 3.05) is 37.6 Å². The average Bonchev–Trinajstić information content (AvgIpc) is 2.53. The van der Waals surface area contributed by atoms with Gasteiger partial charge in [0.1, 0.15) is 0 Å². The molecule has 0 amide bonds. The first-order valence-corrected chi connectivity index (χ1v) is 8.04. The fraction of sp³-hybridized carbons (Fsp3) is 0.611. The summed E-state index contributed by atoms with van der Waals surface area (Å²) in [4.78, 5) is 5.02. The summed E-state index contributed by atoms with van der Waals surface area (Å²) in [5.74, 6) is 0. The van der Waals surface area contributed by atoms with Crippen LogP contribution in [0, 0.1) is 16.7 Å². The van der Waals surface area contributed by atoms with Gasteiger partial charge in [-0.25, -0.2) is 0 Å². The Balaban J connectivity index is 1.65. The van der Waals surface area contributed by atoms with E-state index < -0.39 is 0 Å². The zero-order valence-corrected chi connectivity index (χ0v) is 13.4. The van der Waals surface area contributed by atoms with Gasteiger partial charge in [0.2, 0.25) is 0 Å². The van der Waals surface area contributed by atoms with Crippen LogP contribution in [-0.2, 0) is 0 Å². The number of rotatable bonds is 6. The number of anilines is 1. The third-order valence-electron chi connectivity index (χ3n) is 4.32. The van der Waals surface area contributed by atoms with Gasteiger partial charge in [0, 0.05) is 31.9 Å². The van der Waals surface area contributed by atoms with Crippen LogP contribution in [0.4, 0.5) is 5.69 Å². The van der Waals surface area contributed by atoms with Crippen molar-refractivity contribution in [1.82, 2.24) is 4.90 Å². The lowest BCUT2D eigenvalue weighted by atomic mass is 9.89. The first kappa shape index (κ1) is 15.9. The van der Waals surface area contributed by atoms with E-state index in [1.807, 2.05) is 13.8 Å². The van der Waals surface area contributed by atoms with Gasteiger partial charge in [-0.05, 0) is 45.4 Å². The van der Waals surface area contributed by atoms with Crippen molar-refractivity contribution >= 4 is 5.69 Å². The molecule has 1 fully saturated rings. The largest absolute Gasteiger partial charge is 0.369 e. The summed E-state index contributed by atoms with van der Waals surface area (Å²) >= 11 is 0. The Kier molecular flexibility index (Phi) is 5.64. The minimum Gasteiger partial charge on any atom is -0.369 e. The van der Waals surface area contributed by atoms with Gasteiger partial charge in [0.25, 0.3) is 0 Å². The molecule has 0 spiro atoms. The number of hydrogen-bond donors (Lipinski definition) is 0. The molecule has 0 aliphatic carbocycles. The van der Waals surface area contributed by atoms with Crippen molar-refractivity contribution in [3.05, 3.63) is 30.3 Å². The minimum atomic E-state index is -0.161. The van der Waals surface area contributed by atoms with E-state index in [1.54, 1.807) is 0 Å². The lowest BCUT2D eigenvalue weighted by Crippen LogP contribution is -2.46. The van der Waals surface area contributed by atoms with Crippen LogP contribution in [0.2, 0.25) is 0 Å². The SMILES string of the molecule is CC(C)(C#N)CCCCN1CCN(c2ccccc2)CC1. The summed E-state index contributed by atoms with van der Waals surface area (Å²) in [6, 6.07) is 13.1. The van der Waals surface area contributed by atoms with Gasteiger partial charge in [-0.3, -0.25) is 4.90 Å². The van der Waals surface area contributed by atoms with E-state index in [0.717, 1.165) is 39.0 Å². The highest BCUT2D eigenvalue weighted by Gasteiger charge is 2.18. The van der Waals surface area contributed by atoms with E-state index in [4.69, 9.17) is 5.26 Å². The maximum Gasteiger partial charge on any atom is 0.0683 e. The van der Waals surface area contributed by atoms with E-state index in [-0.39, 0.29) is 5.41 Å². The first-order chi connectivity index (χ1) is 10.1. The molecule has 2 rings (SSSR count). The Morgan fingerprint density at radius 1 is 1.05 bits per heavy atom. The van der Waals surface area contributed by atoms with Crippen LogP contribution in [-0.4, -0.2) is 37.6 Å². The number of unbranched alkanes of at least 4 members (excludes halogenated alkanes) is 1. The lowest BCUT2D eigenvalue weighted by Gasteiger charge is -2.36. The molecule has 1 heterocycles. The van der Waals surface area contributed by atoms with Crippen LogP contribution in [0.15, 0.2) is 30.3 Å². The number of nitriles is 1. The predicted octanol–water partition coefficient (Wildman–Crippen LogP) is 3.53. The smallest absolute Gasteiger partial charge is 0.0683 e. The molecule has 1 saturated heterocycles.